The van der Waals surface area contributed by atoms with E-state index >= 15 is 0 Å². The molecule has 1 fully saturated rings. The van der Waals surface area contributed by atoms with Crippen LogP contribution in [-0.4, -0.2) is 28.6 Å². The monoisotopic (exact) mass is 279 g/mol. The zero-order chi connectivity index (χ0) is 13.7. The van der Waals surface area contributed by atoms with Gasteiger partial charge in [-0.05, 0) is 43.2 Å². The predicted octanol–water partition coefficient (Wildman–Crippen LogP) is 3.15. The Kier molecular flexibility index (Phi) is 5.28. The average Bonchev–Trinajstić information content (AvgIpc) is 2.45. The van der Waals surface area contributed by atoms with E-state index < -0.39 is 5.97 Å². The van der Waals surface area contributed by atoms with Crippen LogP contribution in [-0.2, 0) is 6.54 Å². The van der Waals surface area contributed by atoms with Crippen molar-refractivity contribution < 1.29 is 9.90 Å². The lowest BCUT2D eigenvalue weighted by Gasteiger charge is -2.28. The minimum Gasteiger partial charge on any atom is -0.478 e. The lowest BCUT2D eigenvalue weighted by molar-refractivity contribution is 0.0696. The molecule has 104 valence electrons. The molecule has 3 nitrogen and oxygen atoms in total. The van der Waals surface area contributed by atoms with Crippen molar-refractivity contribution in [3.8, 4) is 0 Å². The number of carboxylic acids is 1. The summed E-state index contributed by atoms with van der Waals surface area (Å²) in [5, 5.41) is 13.3. The molecule has 0 radical (unpaired) electrons. The first kappa shape index (κ1) is 14.4. The molecule has 0 aromatic heterocycles. The Hall–Kier alpha value is -1.00. The van der Waals surface area contributed by atoms with Gasteiger partial charge in [-0.3, -0.25) is 0 Å². The molecule has 1 aliphatic rings. The highest BCUT2D eigenvalue weighted by Gasteiger charge is 2.20. The van der Waals surface area contributed by atoms with Crippen molar-refractivity contribution in [2.75, 3.05) is 6.26 Å². The second-order valence-corrected chi connectivity index (χ2v) is 6.25. The molecular weight excluding hydrogens is 258 g/mol. The zero-order valence-corrected chi connectivity index (χ0v) is 12.1. The van der Waals surface area contributed by atoms with Gasteiger partial charge in [-0.25, -0.2) is 4.79 Å². The summed E-state index contributed by atoms with van der Waals surface area (Å²) in [4.78, 5) is 10.9. The van der Waals surface area contributed by atoms with Gasteiger partial charge in [0.15, 0.2) is 0 Å². The fourth-order valence-corrected chi connectivity index (χ4v) is 3.45. The number of thioether (sulfide) groups is 1. The first-order chi connectivity index (χ1) is 9.19. The van der Waals surface area contributed by atoms with Crippen molar-refractivity contribution in [3.63, 3.8) is 0 Å². The summed E-state index contributed by atoms with van der Waals surface area (Å²) in [6.45, 7) is 0.757. The van der Waals surface area contributed by atoms with Crippen molar-refractivity contribution in [2.45, 2.75) is 43.5 Å². The quantitative estimate of drug-likeness (QED) is 0.869. The lowest BCUT2D eigenvalue weighted by atomic mass is 9.94. The topological polar surface area (TPSA) is 49.3 Å². The van der Waals surface area contributed by atoms with Crippen LogP contribution >= 0.6 is 11.8 Å². The van der Waals surface area contributed by atoms with Crippen LogP contribution in [0.5, 0.6) is 0 Å². The predicted molar refractivity (Wildman–Crippen MR) is 79.8 cm³/mol. The van der Waals surface area contributed by atoms with Crippen LogP contribution in [0.1, 0.15) is 41.6 Å². The van der Waals surface area contributed by atoms with Gasteiger partial charge in [0.2, 0.25) is 0 Å². The number of nitrogens with one attached hydrogen (secondary N) is 1. The smallest absolute Gasteiger partial charge is 0.335 e. The molecule has 2 rings (SSSR count). The maximum absolute atomic E-state index is 10.9. The van der Waals surface area contributed by atoms with Gasteiger partial charge in [0.05, 0.1) is 5.56 Å². The third-order valence-corrected chi connectivity index (χ3v) is 4.82. The van der Waals surface area contributed by atoms with Crippen molar-refractivity contribution in [3.05, 3.63) is 35.4 Å². The van der Waals surface area contributed by atoms with Gasteiger partial charge in [-0.2, -0.15) is 11.8 Å². The van der Waals surface area contributed by atoms with Crippen LogP contribution in [0.25, 0.3) is 0 Å². The molecule has 0 bridgehead atoms. The number of carboxylic acid groups (broad SMARTS) is 1. The van der Waals surface area contributed by atoms with E-state index in [0.29, 0.717) is 11.6 Å². The van der Waals surface area contributed by atoms with E-state index in [0.717, 1.165) is 17.4 Å². The molecule has 1 aliphatic carbocycles. The Morgan fingerprint density at radius 2 is 2.32 bits per heavy atom. The Balaban J connectivity index is 1.88. The molecule has 2 atom stereocenters. The molecule has 1 saturated carbocycles. The van der Waals surface area contributed by atoms with Gasteiger partial charge in [-0.1, -0.05) is 18.6 Å². The fourth-order valence-electron chi connectivity index (χ4n) is 2.62. The summed E-state index contributed by atoms with van der Waals surface area (Å²) >= 11 is 1.96. The maximum Gasteiger partial charge on any atom is 0.335 e. The average molecular weight is 279 g/mol. The highest BCUT2D eigenvalue weighted by molar-refractivity contribution is 7.99. The third kappa shape index (κ3) is 4.25. The number of carbonyl (C=O) groups is 1. The summed E-state index contributed by atoms with van der Waals surface area (Å²) in [6, 6.07) is 7.75. The van der Waals surface area contributed by atoms with E-state index in [4.69, 9.17) is 5.11 Å². The number of benzene rings is 1. The van der Waals surface area contributed by atoms with Crippen LogP contribution in [0.2, 0.25) is 0 Å². The molecule has 0 amide bonds. The van der Waals surface area contributed by atoms with Crippen molar-refractivity contribution in [1.82, 2.24) is 5.32 Å². The van der Waals surface area contributed by atoms with Gasteiger partial charge >= 0.3 is 5.97 Å². The molecule has 2 N–H and O–H groups in total. The Labute approximate surface area is 118 Å². The maximum atomic E-state index is 10.9. The molecule has 1 aromatic carbocycles. The Morgan fingerprint density at radius 3 is 3.05 bits per heavy atom. The number of aromatic carboxylic acids is 1. The standard InChI is InChI=1S/C15H21NO2S/c1-19-14-7-3-6-13(9-14)16-10-11-4-2-5-12(8-11)15(17)18/h2,4-5,8,13-14,16H,3,6-7,9-10H2,1H3,(H,17,18). The summed E-state index contributed by atoms with van der Waals surface area (Å²) in [5.74, 6) is -0.859. The minimum atomic E-state index is -0.859. The van der Waals surface area contributed by atoms with Crippen molar-refractivity contribution >= 4 is 17.7 Å². The first-order valence-corrected chi connectivity index (χ1v) is 8.06. The highest BCUT2D eigenvalue weighted by atomic mass is 32.2. The number of rotatable bonds is 5. The molecule has 0 spiro atoms. The Bertz CT molecular complexity index is 436. The van der Waals surface area contributed by atoms with E-state index in [1.54, 1.807) is 12.1 Å². The molecule has 2 unspecified atom stereocenters. The van der Waals surface area contributed by atoms with E-state index in [9.17, 15) is 4.79 Å². The number of hydrogen-bond donors (Lipinski definition) is 2. The minimum absolute atomic E-state index is 0.366. The number of hydrogen-bond acceptors (Lipinski definition) is 3. The van der Waals surface area contributed by atoms with Gasteiger partial charge in [0, 0.05) is 17.8 Å². The SMILES string of the molecule is CSC1CCCC(NCc2cccc(C(=O)O)c2)C1. The summed E-state index contributed by atoms with van der Waals surface area (Å²) < 4.78 is 0. The van der Waals surface area contributed by atoms with E-state index in [1.807, 2.05) is 23.9 Å². The van der Waals surface area contributed by atoms with Crippen LogP contribution < -0.4 is 5.32 Å². The summed E-state index contributed by atoms with van der Waals surface area (Å²) in [5.41, 5.74) is 1.41. The normalized spacial score (nSPS) is 23.2. The third-order valence-electron chi connectivity index (χ3n) is 3.73. The molecule has 4 heteroatoms. The molecule has 0 saturated heterocycles. The second kappa shape index (κ2) is 6.96. The van der Waals surface area contributed by atoms with Crippen LogP contribution in [0.3, 0.4) is 0 Å². The van der Waals surface area contributed by atoms with Crippen molar-refractivity contribution in [1.29, 1.82) is 0 Å². The molecule has 1 aromatic rings. The second-order valence-electron chi connectivity index (χ2n) is 5.11. The van der Waals surface area contributed by atoms with Gasteiger partial charge < -0.3 is 10.4 Å². The van der Waals surface area contributed by atoms with E-state index in [2.05, 4.69) is 11.6 Å². The van der Waals surface area contributed by atoms with Gasteiger partial charge in [0.25, 0.3) is 0 Å². The van der Waals surface area contributed by atoms with E-state index in [1.165, 1.54) is 25.7 Å². The lowest BCUT2D eigenvalue weighted by Crippen LogP contribution is -2.34. The van der Waals surface area contributed by atoms with Gasteiger partial charge in [0.1, 0.15) is 0 Å². The Morgan fingerprint density at radius 1 is 1.47 bits per heavy atom. The van der Waals surface area contributed by atoms with Gasteiger partial charge in [-0.15, -0.1) is 0 Å². The summed E-state index contributed by atoms with van der Waals surface area (Å²) in [6.07, 6.45) is 7.25. The van der Waals surface area contributed by atoms with Crippen LogP contribution in [0.15, 0.2) is 24.3 Å². The highest BCUT2D eigenvalue weighted by Crippen LogP contribution is 2.27. The largest absolute Gasteiger partial charge is 0.478 e. The van der Waals surface area contributed by atoms with Crippen LogP contribution in [0, 0.1) is 0 Å². The van der Waals surface area contributed by atoms with E-state index in [-0.39, 0.29) is 0 Å². The van der Waals surface area contributed by atoms with Crippen molar-refractivity contribution in [2.24, 2.45) is 0 Å². The molecule has 0 heterocycles. The molecule has 0 aliphatic heterocycles. The summed E-state index contributed by atoms with van der Waals surface area (Å²) in [7, 11) is 0. The molecular formula is C15H21NO2S. The van der Waals surface area contributed by atoms with Crippen LogP contribution in [0.4, 0.5) is 0 Å². The first-order valence-electron chi connectivity index (χ1n) is 6.77. The molecule has 19 heavy (non-hydrogen) atoms. The zero-order valence-electron chi connectivity index (χ0n) is 11.3. The fraction of sp³-hybridized carbons (Fsp3) is 0.533.